The molecule has 5 rings (SSSR count). The van der Waals surface area contributed by atoms with E-state index in [1.807, 2.05) is 77.6 Å². The molecule has 5 heteroatoms. The van der Waals surface area contributed by atoms with Crippen LogP contribution in [0.1, 0.15) is 21.5 Å². The molecule has 2 heterocycles. The zero-order valence-electron chi connectivity index (χ0n) is 16.6. The topological polar surface area (TPSA) is 49.6 Å². The van der Waals surface area contributed by atoms with Crippen molar-refractivity contribution >= 4 is 16.8 Å². The van der Waals surface area contributed by atoms with Crippen LogP contribution in [-0.2, 0) is 6.54 Å². The van der Waals surface area contributed by atoms with Gasteiger partial charge in [0, 0.05) is 22.8 Å². The summed E-state index contributed by atoms with van der Waals surface area (Å²) in [6, 6.07) is 25.4. The summed E-state index contributed by atoms with van der Waals surface area (Å²) in [5.41, 5.74) is 4.47. The van der Waals surface area contributed by atoms with Crippen LogP contribution in [0.25, 0.3) is 22.4 Å². The molecule has 0 aliphatic rings. The first-order chi connectivity index (χ1) is 15.2. The second-order valence-corrected chi connectivity index (χ2v) is 7.37. The molecule has 0 aliphatic carbocycles. The number of aromatic nitrogens is 3. The first kappa shape index (κ1) is 18.9. The van der Waals surface area contributed by atoms with E-state index in [9.17, 15) is 9.18 Å². The van der Waals surface area contributed by atoms with Crippen LogP contribution in [0.4, 0.5) is 4.39 Å². The molecule has 31 heavy (non-hydrogen) atoms. The summed E-state index contributed by atoms with van der Waals surface area (Å²) in [5.74, 6) is 0.216. The van der Waals surface area contributed by atoms with Gasteiger partial charge in [-0.2, -0.15) is 4.57 Å². The van der Waals surface area contributed by atoms with Crippen molar-refractivity contribution in [3.8, 4) is 11.4 Å². The number of benzene rings is 3. The lowest BCUT2D eigenvalue weighted by Gasteiger charge is -2.03. The fourth-order valence-electron chi connectivity index (χ4n) is 3.61. The number of fused-ring (bicyclic) bond motifs is 1. The monoisotopic (exact) mass is 408 g/mol. The van der Waals surface area contributed by atoms with Crippen molar-refractivity contribution in [2.24, 2.45) is 0 Å². The first-order valence-electron chi connectivity index (χ1n) is 10.00. The highest BCUT2D eigenvalue weighted by Crippen LogP contribution is 2.22. The number of rotatable bonds is 5. The molecule has 3 aromatic carbocycles. The summed E-state index contributed by atoms with van der Waals surface area (Å²) in [6.07, 6.45) is 3.90. The van der Waals surface area contributed by atoms with Crippen LogP contribution in [0, 0.1) is 5.82 Å². The second kappa shape index (κ2) is 7.95. The smallest absolute Gasteiger partial charge is 0.195 e. The van der Waals surface area contributed by atoms with E-state index in [0.717, 1.165) is 16.6 Å². The number of hydrogen-bond acceptors (Lipinski definition) is 2. The molecule has 0 atom stereocenters. The van der Waals surface area contributed by atoms with E-state index >= 15 is 0 Å². The number of H-pyrrole nitrogens is 1. The van der Waals surface area contributed by atoms with Gasteiger partial charge in [0.2, 0.25) is 0 Å². The molecular formula is C26H19FN3O+. The van der Waals surface area contributed by atoms with Crippen LogP contribution in [0.5, 0.6) is 0 Å². The molecule has 0 fully saturated rings. The van der Waals surface area contributed by atoms with E-state index in [2.05, 4.69) is 9.97 Å². The zero-order chi connectivity index (χ0) is 21.2. The Hall–Kier alpha value is -4.12. The quantitative estimate of drug-likeness (QED) is 0.331. The molecule has 0 unspecified atom stereocenters. The van der Waals surface area contributed by atoms with Crippen LogP contribution in [0.2, 0.25) is 0 Å². The highest BCUT2D eigenvalue weighted by atomic mass is 19.1. The van der Waals surface area contributed by atoms with Crippen LogP contribution in [-0.4, -0.2) is 15.8 Å². The Morgan fingerprint density at radius 2 is 1.58 bits per heavy atom. The van der Waals surface area contributed by atoms with Gasteiger partial charge < -0.3 is 4.98 Å². The summed E-state index contributed by atoms with van der Waals surface area (Å²) in [4.78, 5) is 20.3. The number of aromatic amines is 1. The third-order valence-electron chi connectivity index (χ3n) is 5.23. The molecule has 0 bridgehead atoms. The molecule has 0 spiro atoms. The van der Waals surface area contributed by atoms with Crippen molar-refractivity contribution in [1.82, 2.24) is 9.97 Å². The maximum Gasteiger partial charge on any atom is 0.195 e. The van der Waals surface area contributed by atoms with Gasteiger partial charge in [0.1, 0.15) is 22.7 Å². The van der Waals surface area contributed by atoms with E-state index in [1.54, 1.807) is 18.2 Å². The molecule has 5 aromatic rings. The van der Waals surface area contributed by atoms with Gasteiger partial charge in [-0.05, 0) is 12.1 Å². The zero-order valence-corrected chi connectivity index (χ0v) is 16.6. The molecule has 0 radical (unpaired) electrons. The standard InChI is InChI=1S/C26H18FN3O/c27-22-9-5-4-8-21(22)26-28-23-14-15-30(17-24(23)29-26)16-18-10-12-20(13-11-18)25(31)19-6-2-1-3-7-19/h1-15,17H,16H2/p+1. The van der Waals surface area contributed by atoms with Crippen molar-refractivity contribution in [2.75, 3.05) is 0 Å². The van der Waals surface area contributed by atoms with Gasteiger partial charge in [-0.25, -0.2) is 9.37 Å². The summed E-state index contributed by atoms with van der Waals surface area (Å²) in [6.45, 7) is 0.643. The third kappa shape index (κ3) is 3.85. The van der Waals surface area contributed by atoms with Crippen LogP contribution in [0.3, 0.4) is 0 Å². The second-order valence-electron chi connectivity index (χ2n) is 7.37. The number of carbonyl (C=O) groups excluding carboxylic acids is 1. The summed E-state index contributed by atoms with van der Waals surface area (Å²) < 4.78 is 16.1. The minimum Gasteiger partial charge on any atom is -0.333 e. The Labute approximate surface area is 178 Å². The fourth-order valence-corrected chi connectivity index (χ4v) is 3.61. The van der Waals surface area contributed by atoms with E-state index < -0.39 is 0 Å². The SMILES string of the molecule is O=C(c1ccccc1)c1ccc(C[n+]2ccc3nc(-c4ccccc4F)[nH]c3c2)cc1. The number of nitrogens with zero attached hydrogens (tertiary/aromatic N) is 2. The molecule has 2 aromatic heterocycles. The molecule has 150 valence electrons. The number of nitrogens with one attached hydrogen (secondary N) is 1. The minimum absolute atomic E-state index is 0.0133. The lowest BCUT2D eigenvalue weighted by Crippen LogP contribution is -2.33. The number of carbonyl (C=O) groups is 1. The van der Waals surface area contributed by atoms with Crippen LogP contribution >= 0.6 is 0 Å². The molecule has 0 amide bonds. The average Bonchev–Trinajstić information content (AvgIpc) is 3.23. The van der Waals surface area contributed by atoms with Gasteiger partial charge in [-0.1, -0.05) is 66.7 Å². The predicted molar refractivity (Wildman–Crippen MR) is 117 cm³/mol. The average molecular weight is 408 g/mol. The number of imidazole rings is 1. The van der Waals surface area contributed by atoms with Crippen molar-refractivity contribution in [1.29, 1.82) is 0 Å². The van der Waals surface area contributed by atoms with Crippen LogP contribution < -0.4 is 4.57 Å². The minimum atomic E-state index is -0.306. The molecule has 0 saturated carbocycles. The molecule has 1 N–H and O–H groups in total. The first-order valence-corrected chi connectivity index (χ1v) is 10.00. The number of hydrogen-bond donors (Lipinski definition) is 1. The lowest BCUT2D eigenvalue weighted by atomic mass is 10.0. The molecule has 4 nitrogen and oxygen atoms in total. The van der Waals surface area contributed by atoms with E-state index in [-0.39, 0.29) is 11.6 Å². The predicted octanol–water partition coefficient (Wildman–Crippen LogP) is 4.94. The number of pyridine rings is 1. The maximum atomic E-state index is 14.1. The van der Waals surface area contributed by atoms with Gasteiger partial charge in [-0.15, -0.1) is 0 Å². The Balaban J connectivity index is 1.37. The van der Waals surface area contributed by atoms with Gasteiger partial charge in [0.15, 0.2) is 24.7 Å². The third-order valence-corrected chi connectivity index (χ3v) is 5.23. The molecule has 0 aliphatic heterocycles. The highest BCUT2D eigenvalue weighted by Gasteiger charge is 2.13. The van der Waals surface area contributed by atoms with Crippen LogP contribution in [0.15, 0.2) is 97.3 Å². The summed E-state index contributed by atoms with van der Waals surface area (Å²) in [7, 11) is 0. The van der Waals surface area contributed by atoms with E-state index in [4.69, 9.17) is 0 Å². The lowest BCUT2D eigenvalue weighted by molar-refractivity contribution is -0.687. The number of halogens is 1. The van der Waals surface area contributed by atoms with Crippen molar-refractivity contribution < 1.29 is 13.8 Å². The Morgan fingerprint density at radius 3 is 2.35 bits per heavy atom. The Bertz CT molecular complexity index is 1380. The van der Waals surface area contributed by atoms with Gasteiger partial charge in [0.25, 0.3) is 0 Å². The fraction of sp³-hybridized carbons (Fsp3) is 0.0385. The Morgan fingerprint density at radius 1 is 0.871 bits per heavy atom. The molecular weight excluding hydrogens is 389 g/mol. The molecule has 0 saturated heterocycles. The van der Waals surface area contributed by atoms with Crippen molar-refractivity contribution in [3.63, 3.8) is 0 Å². The van der Waals surface area contributed by atoms with Crippen molar-refractivity contribution in [2.45, 2.75) is 6.54 Å². The van der Waals surface area contributed by atoms with Gasteiger partial charge in [-0.3, -0.25) is 4.79 Å². The maximum absolute atomic E-state index is 14.1. The van der Waals surface area contributed by atoms with Gasteiger partial charge in [0.05, 0.1) is 5.56 Å². The summed E-state index contributed by atoms with van der Waals surface area (Å²) in [5, 5.41) is 0. The Kier molecular flexibility index (Phi) is 4.84. The number of ketones is 1. The van der Waals surface area contributed by atoms with E-state index in [1.165, 1.54) is 6.07 Å². The summed E-state index contributed by atoms with van der Waals surface area (Å²) >= 11 is 0. The van der Waals surface area contributed by atoms with Gasteiger partial charge >= 0.3 is 0 Å². The normalized spacial score (nSPS) is 11.0. The largest absolute Gasteiger partial charge is 0.333 e. The van der Waals surface area contributed by atoms with Crippen molar-refractivity contribution in [3.05, 3.63) is 120 Å². The van der Waals surface area contributed by atoms with E-state index in [0.29, 0.717) is 29.1 Å². The highest BCUT2D eigenvalue weighted by molar-refractivity contribution is 6.08.